The Balaban J connectivity index is 0.941. The normalized spacial score (nSPS) is 17.1. The van der Waals surface area contributed by atoms with Crippen LogP contribution in [-0.2, 0) is 40.2 Å². The summed E-state index contributed by atoms with van der Waals surface area (Å²) in [5.41, 5.74) is 10.9. The Hall–Kier alpha value is -5.21. The zero-order valence-corrected chi connectivity index (χ0v) is 37.5. The van der Waals surface area contributed by atoms with Crippen molar-refractivity contribution in [3.8, 4) is 0 Å². The summed E-state index contributed by atoms with van der Waals surface area (Å²) in [5, 5.41) is 27.9. The molecule has 2 atom stereocenters. The summed E-state index contributed by atoms with van der Waals surface area (Å²) in [7, 11) is 0. The fraction of sp³-hybridized carbons (Fsp3) is 0.265. The molecular weight excluding hydrogens is 860 g/mol. The van der Waals surface area contributed by atoms with Gasteiger partial charge in [0.05, 0.1) is 33.1 Å². The number of fused-ring (bicyclic) bond motifs is 2. The standard InChI is InChI=1S/C49H45FN2O6S4/c1-3-57-46(53)44-38-24-36(34-17-19-37(50)20-18-34)26-41(52-56)42(38)49(61-44)60-28-32-13-11-30(12-14-32)21-22-58-47(54)45-39-23-35(33-15-9-29(2)10-16-33)25-40(51-55)43(39)48(62-45)59-27-31-7-5-4-6-8-31/h4-20,35-36,55-56H,3,21-28H2,1-2H3/b51-40+,52-41+. The Bertz CT molecular complexity index is 2600. The Labute approximate surface area is 376 Å². The lowest BCUT2D eigenvalue weighted by Gasteiger charge is -2.25. The highest BCUT2D eigenvalue weighted by Crippen LogP contribution is 2.47. The molecule has 0 saturated carbocycles. The molecule has 2 heterocycles. The monoisotopic (exact) mass is 904 g/mol. The number of thioether (sulfide) groups is 2. The van der Waals surface area contributed by atoms with Gasteiger partial charge in [-0.2, -0.15) is 0 Å². The van der Waals surface area contributed by atoms with Crippen LogP contribution >= 0.6 is 46.2 Å². The summed E-state index contributed by atoms with van der Waals surface area (Å²) in [4.78, 5) is 28.1. The Morgan fingerprint density at radius 1 is 0.661 bits per heavy atom. The first kappa shape index (κ1) is 43.4. The molecule has 318 valence electrons. The van der Waals surface area contributed by atoms with Crippen molar-refractivity contribution in [3.05, 3.63) is 174 Å². The maximum absolute atomic E-state index is 13.9. The van der Waals surface area contributed by atoms with Crippen LogP contribution in [0.15, 0.2) is 122 Å². The fourth-order valence-corrected chi connectivity index (χ4v) is 13.2. The maximum Gasteiger partial charge on any atom is 0.348 e. The number of carbonyl (C=O) groups is 2. The van der Waals surface area contributed by atoms with Crippen molar-refractivity contribution in [3.63, 3.8) is 0 Å². The highest BCUT2D eigenvalue weighted by Gasteiger charge is 2.36. The van der Waals surface area contributed by atoms with Gasteiger partial charge >= 0.3 is 11.9 Å². The number of hydrogen-bond donors (Lipinski definition) is 2. The van der Waals surface area contributed by atoms with Gasteiger partial charge in [0.15, 0.2) is 0 Å². The van der Waals surface area contributed by atoms with Gasteiger partial charge in [-0.15, -0.1) is 46.2 Å². The quantitative estimate of drug-likeness (QED) is 0.0480. The number of halogens is 1. The maximum atomic E-state index is 13.9. The first-order valence-electron chi connectivity index (χ1n) is 20.5. The minimum absolute atomic E-state index is 0.0636. The highest BCUT2D eigenvalue weighted by atomic mass is 32.2. The van der Waals surface area contributed by atoms with Gasteiger partial charge < -0.3 is 19.9 Å². The molecule has 0 saturated heterocycles. The van der Waals surface area contributed by atoms with E-state index in [-0.39, 0.29) is 36.8 Å². The van der Waals surface area contributed by atoms with E-state index in [1.165, 1.54) is 45.9 Å². The van der Waals surface area contributed by atoms with Crippen LogP contribution in [0.5, 0.6) is 0 Å². The molecular formula is C49H45FN2O6S4. The third-order valence-corrected chi connectivity index (χ3v) is 16.4. The van der Waals surface area contributed by atoms with Crippen LogP contribution < -0.4 is 0 Å². The smallest absolute Gasteiger partial charge is 0.348 e. The second kappa shape index (κ2) is 19.9. The number of carbonyl (C=O) groups excluding carboxylic acids is 2. The minimum atomic E-state index is -0.403. The van der Waals surface area contributed by atoms with E-state index in [1.54, 1.807) is 42.6 Å². The summed E-state index contributed by atoms with van der Waals surface area (Å²) in [5.74, 6) is 0.219. The molecule has 4 aromatic carbocycles. The van der Waals surface area contributed by atoms with Crippen molar-refractivity contribution in [2.75, 3.05) is 13.2 Å². The molecule has 8 rings (SSSR count). The number of esters is 2. The largest absolute Gasteiger partial charge is 0.462 e. The number of hydrogen-bond acceptors (Lipinski definition) is 12. The van der Waals surface area contributed by atoms with Crippen LogP contribution in [0.1, 0.15) is 107 Å². The van der Waals surface area contributed by atoms with Crippen molar-refractivity contribution in [2.24, 2.45) is 10.3 Å². The van der Waals surface area contributed by atoms with Gasteiger partial charge in [0.2, 0.25) is 0 Å². The van der Waals surface area contributed by atoms with Gasteiger partial charge in [0.25, 0.3) is 0 Å². The van der Waals surface area contributed by atoms with Crippen molar-refractivity contribution in [2.45, 2.75) is 77.7 Å². The summed E-state index contributed by atoms with van der Waals surface area (Å²) < 4.78 is 26.9. The van der Waals surface area contributed by atoms with Crippen LogP contribution in [0.3, 0.4) is 0 Å². The minimum Gasteiger partial charge on any atom is -0.462 e. The van der Waals surface area contributed by atoms with Crippen LogP contribution in [0, 0.1) is 12.7 Å². The van der Waals surface area contributed by atoms with Gasteiger partial charge in [0, 0.05) is 41.9 Å². The predicted molar refractivity (Wildman–Crippen MR) is 247 cm³/mol. The summed E-state index contributed by atoms with van der Waals surface area (Å²) >= 11 is 6.01. The van der Waals surface area contributed by atoms with E-state index in [2.05, 4.69) is 65.8 Å². The summed E-state index contributed by atoms with van der Waals surface area (Å²) in [6.45, 7) is 4.27. The zero-order valence-electron chi connectivity index (χ0n) is 34.3. The number of aryl methyl sites for hydroxylation is 1. The van der Waals surface area contributed by atoms with Crippen LogP contribution in [0.2, 0.25) is 0 Å². The predicted octanol–water partition coefficient (Wildman–Crippen LogP) is 12.2. The van der Waals surface area contributed by atoms with Crippen LogP contribution in [0.4, 0.5) is 4.39 Å². The molecule has 0 fully saturated rings. The number of rotatable bonds is 14. The highest BCUT2D eigenvalue weighted by molar-refractivity contribution is 8.00. The lowest BCUT2D eigenvalue weighted by Crippen LogP contribution is -2.21. The number of thiophene rings is 2. The van der Waals surface area contributed by atoms with Gasteiger partial charge in [0.1, 0.15) is 15.6 Å². The number of nitrogens with zero attached hydrogens (tertiary/aromatic N) is 2. The van der Waals surface area contributed by atoms with Crippen molar-refractivity contribution >= 4 is 69.6 Å². The lowest BCUT2D eigenvalue weighted by atomic mass is 9.79. The van der Waals surface area contributed by atoms with Gasteiger partial charge in [-0.3, -0.25) is 0 Å². The Morgan fingerprint density at radius 3 is 1.66 bits per heavy atom. The summed E-state index contributed by atoms with van der Waals surface area (Å²) in [6, 6.07) is 33.1. The molecule has 6 aromatic rings. The SMILES string of the molecule is CCOC(=O)c1sc(SCc2ccc(CCOC(=O)c3sc(SCc4ccccc4)c4c3CC(c3ccc(C)cc3)C/C4=N\O)cc2)c2c1CC(c1ccc(F)cc1)C/C2=N\O. The third kappa shape index (κ3) is 9.71. The first-order valence-corrected chi connectivity index (χ1v) is 24.1. The second-order valence-electron chi connectivity index (χ2n) is 15.4. The molecule has 2 unspecified atom stereocenters. The number of benzene rings is 4. The van der Waals surface area contributed by atoms with Crippen molar-refractivity contribution in [1.82, 2.24) is 0 Å². The summed E-state index contributed by atoms with van der Waals surface area (Å²) in [6.07, 6.45) is 2.75. The molecule has 0 aliphatic heterocycles. The molecule has 2 N–H and O–H groups in total. The third-order valence-electron chi connectivity index (χ3n) is 11.3. The van der Waals surface area contributed by atoms with E-state index >= 15 is 0 Å². The molecule has 62 heavy (non-hydrogen) atoms. The van der Waals surface area contributed by atoms with Crippen LogP contribution in [0.25, 0.3) is 0 Å². The number of oxime groups is 2. The van der Waals surface area contributed by atoms with E-state index in [9.17, 15) is 24.4 Å². The molecule has 2 aliphatic carbocycles. The van der Waals surface area contributed by atoms with Crippen LogP contribution in [-0.4, -0.2) is 47.0 Å². The zero-order chi connectivity index (χ0) is 43.2. The van der Waals surface area contributed by atoms with Gasteiger partial charge in [-0.1, -0.05) is 107 Å². The molecule has 2 aromatic heterocycles. The van der Waals surface area contributed by atoms with E-state index in [4.69, 9.17) is 9.47 Å². The molecule has 0 amide bonds. The van der Waals surface area contributed by atoms with E-state index < -0.39 is 5.97 Å². The molecule has 0 radical (unpaired) electrons. The molecule has 0 spiro atoms. The Morgan fingerprint density at radius 2 is 1.15 bits per heavy atom. The average Bonchev–Trinajstić information content (AvgIpc) is 3.87. The van der Waals surface area contributed by atoms with Crippen molar-refractivity contribution in [1.29, 1.82) is 0 Å². The van der Waals surface area contributed by atoms with Crippen molar-refractivity contribution < 1.29 is 33.9 Å². The average molecular weight is 905 g/mol. The van der Waals surface area contributed by atoms with Gasteiger partial charge in [-0.25, -0.2) is 14.0 Å². The second-order valence-corrected chi connectivity index (χ2v) is 19.9. The van der Waals surface area contributed by atoms with Gasteiger partial charge in [-0.05, 0) is 89.6 Å². The molecule has 0 bridgehead atoms. The first-order chi connectivity index (χ1) is 30.2. The molecule has 2 aliphatic rings. The number of ether oxygens (including phenoxy) is 2. The fourth-order valence-electron chi connectivity index (χ4n) is 8.12. The van der Waals surface area contributed by atoms with E-state index in [0.29, 0.717) is 59.0 Å². The lowest BCUT2D eigenvalue weighted by molar-refractivity contribution is 0.0509. The van der Waals surface area contributed by atoms with E-state index in [1.807, 2.05) is 30.3 Å². The molecule has 13 heteroatoms. The topological polar surface area (TPSA) is 118 Å². The van der Waals surface area contributed by atoms with E-state index in [0.717, 1.165) is 58.7 Å². The Kier molecular flexibility index (Phi) is 13.9. The molecule has 8 nitrogen and oxygen atoms in total.